The smallest absolute Gasteiger partial charge is 0.318 e. The summed E-state index contributed by atoms with van der Waals surface area (Å²) in [4.78, 5) is 24.2. The monoisotopic (exact) mass is 304 g/mol. The molecular weight excluding hydrogens is 284 g/mol. The number of esters is 1. The summed E-state index contributed by atoms with van der Waals surface area (Å²) in [6, 6.07) is 0. The van der Waals surface area contributed by atoms with Gasteiger partial charge >= 0.3 is 5.97 Å². The van der Waals surface area contributed by atoms with Crippen LogP contribution in [-0.2, 0) is 14.3 Å². The fraction of sp³-hybridized carbons (Fsp3) is 0.846. The standard InChI is InChI=1S/C13H21BrO3/c1-12(2,11(16)17-3)10(15)13(14)8-6-4-5-7-9-13/h4-9H2,1-3H3. The zero-order valence-corrected chi connectivity index (χ0v) is 12.4. The third kappa shape index (κ3) is 3.09. The van der Waals surface area contributed by atoms with Gasteiger partial charge in [0.2, 0.25) is 0 Å². The van der Waals surface area contributed by atoms with Gasteiger partial charge in [0.1, 0.15) is 5.41 Å². The second-order valence-electron chi connectivity index (χ2n) is 5.33. The molecule has 1 aliphatic rings. The Bertz CT molecular complexity index is 302. The number of hydrogen-bond donors (Lipinski definition) is 0. The summed E-state index contributed by atoms with van der Waals surface area (Å²) < 4.78 is 4.18. The van der Waals surface area contributed by atoms with Crippen molar-refractivity contribution in [2.45, 2.75) is 56.7 Å². The molecule has 0 aromatic carbocycles. The van der Waals surface area contributed by atoms with Crippen molar-refractivity contribution in [2.24, 2.45) is 5.41 Å². The molecular formula is C13H21BrO3. The van der Waals surface area contributed by atoms with Crippen molar-refractivity contribution in [1.82, 2.24) is 0 Å². The number of Topliss-reactive ketones (excluding diaryl/α,β-unsaturated/α-hetero) is 1. The van der Waals surface area contributed by atoms with Crippen LogP contribution in [0.5, 0.6) is 0 Å². The average Bonchev–Trinajstić information content (AvgIpc) is 2.52. The summed E-state index contributed by atoms with van der Waals surface area (Å²) in [5.74, 6) is -0.496. The van der Waals surface area contributed by atoms with Crippen molar-refractivity contribution < 1.29 is 14.3 Å². The first-order chi connectivity index (χ1) is 7.84. The second kappa shape index (κ2) is 5.51. The highest BCUT2D eigenvalue weighted by molar-refractivity contribution is 9.10. The lowest BCUT2D eigenvalue weighted by Crippen LogP contribution is -2.46. The van der Waals surface area contributed by atoms with E-state index in [2.05, 4.69) is 15.9 Å². The number of carbonyl (C=O) groups is 2. The molecule has 0 saturated heterocycles. The molecule has 1 saturated carbocycles. The van der Waals surface area contributed by atoms with Crippen LogP contribution < -0.4 is 0 Å². The van der Waals surface area contributed by atoms with Gasteiger partial charge in [-0.05, 0) is 26.7 Å². The van der Waals surface area contributed by atoms with E-state index in [-0.39, 0.29) is 5.78 Å². The highest BCUT2D eigenvalue weighted by Crippen LogP contribution is 2.40. The Morgan fingerprint density at radius 1 is 1.12 bits per heavy atom. The summed E-state index contributed by atoms with van der Waals surface area (Å²) in [5.41, 5.74) is -1.07. The van der Waals surface area contributed by atoms with Gasteiger partial charge in [-0.25, -0.2) is 0 Å². The van der Waals surface area contributed by atoms with Crippen LogP contribution in [0.15, 0.2) is 0 Å². The van der Waals surface area contributed by atoms with E-state index in [1.807, 2.05) is 0 Å². The molecule has 1 rings (SSSR count). The van der Waals surface area contributed by atoms with Crippen molar-refractivity contribution >= 4 is 27.7 Å². The lowest BCUT2D eigenvalue weighted by atomic mass is 9.78. The lowest BCUT2D eigenvalue weighted by Gasteiger charge is -2.32. The first kappa shape index (κ1) is 14.7. The minimum absolute atomic E-state index is 0.0428. The van der Waals surface area contributed by atoms with Crippen molar-refractivity contribution in [2.75, 3.05) is 7.11 Å². The Kier molecular flexibility index (Phi) is 4.76. The number of rotatable bonds is 3. The predicted octanol–water partition coefficient (Wildman–Crippen LogP) is 3.24. The first-order valence-electron chi connectivity index (χ1n) is 6.17. The van der Waals surface area contributed by atoms with Gasteiger partial charge < -0.3 is 4.74 Å². The number of ketones is 1. The molecule has 0 atom stereocenters. The summed E-state index contributed by atoms with van der Waals surface area (Å²) in [7, 11) is 1.32. The highest BCUT2D eigenvalue weighted by Gasteiger charge is 2.48. The molecule has 1 aliphatic carbocycles. The molecule has 0 aromatic heterocycles. The van der Waals surface area contributed by atoms with Gasteiger partial charge in [0, 0.05) is 0 Å². The van der Waals surface area contributed by atoms with Gasteiger partial charge in [0.05, 0.1) is 11.4 Å². The number of halogens is 1. The van der Waals surface area contributed by atoms with Gasteiger partial charge in [-0.3, -0.25) is 9.59 Å². The van der Waals surface area contributed by atoms with E-state index < -0.39 is 15.7 Å². The maximum Gasteiger partial charge on any atom is 0.318 e. The largest absolute Gasteiger partial charge is 0.468 e. The maximum absolute atomic E-state index is 12.5. The third-order valence-corrected chi connectivity index (χ3v) is 4.72. The van der Waals surface area contributed by atoms with Crippen LogP contribution in [0.25, 0.3) is 0 Å². The maximum atomic E-state index is 12.5. The third-order valence-electron chi connectivity index (χ3n) is 3.57. The van der Waals surface area contributed by atoms with E-state index >= 15 is 0 Å². The highest BCUT2D eigenvalue weighted by atomic mass is 79.9. The van der Waals surface area contributed by atoms with Gasteiger partial charge in [-0.1, -0.05) is 41.6 Å². The van der Waals surface area contributed by atoms with E-state index in [4.69, 9.17) is 4.74 Å². The van der Waals surface area contributed by atoms with Crippen LogP contribution in [0.2, 0.25) is 0 Å². The summed E-state index contributed by atoms with van der Waals surface area (Å²) >= 11 is 3.59. The molecule has 0 bridgehead atoms. The van der Waals surface area contributed by atoms with Crippen LogP contribution >= 0.6 is 15.9 Å². The van der Waals surface area contributed by atoms with E-state index in [0.29, 0.717) is 0 Å². The van der Waals surface area contributed by atoms with Crippen LogP contribution in [0.4, 0.5) is 0 Å². The van der Waals surface area contributed by atoms with Crippen molar-refractivity contribution in [1.29, 1.82) is 0 Å². The quantitative estimate of drug-likeness (QED) is 0.348. The Morgan fingerprint density at radius 3 is 2.00 bits per heavy atom. The van der Waals surface area contributed by atoms with Gasteiger partial charge in [0.25, 0.3) is 0 Å². The first-order valence-corrected chi connectivity index (χ1v) is 6.96. The Labute approximate surface area is 111 Å². The summed E-state index contributed by atoms with van der Waals surface area (Å²) in [6.07, 6.45) is 6.03. The van der Waals surface area contributed by atoms with Crippen LogP contribution in [0.1, 0.15) is 52.4 Å². The number of carbonyl (C=O) groups excluding carboxylic acids is 2. The molecule has 0 amide bonds. The molecule has 0 radical (unpaired) electrons. The Hall–Kier alpha value is -0.380. The molecule has 0 N–H and O–H groups in total. The van der Waals surface area contributed by atoms with Gasteiger partial charge in [0.15, 0.2) is 5.78 Å². The van der Waals surface area contributed by atoms with Crippen molar-refractivity contribution in [3.63, 3.8) is 0 Å². The fourth-order valence-electron chi connectivity index (χ4n) is 2.42. The molecule has 17 heavy (non-hydrogen) atoms. The average molecular weight is 305 g/mol. The molecule has 0 spiro atoms. The van der Waals surface area contributed by atoms with Crippen molar-refractivity contribution in [3.05, 3.63) is 0 Å². The molecule has 0 heterocycles. The van der Waals surface area contributed by atoms with Crippen LogP contribution in [-0.4, -0.2) is 23.2 Å². The molecule has 4 heteroatoms. The van der Waals surface area contributed by atoms with E-state index in [9.17, 15) is 9.59 Å². The van der Waals surface area contributed by atoms with E-state index in [0.717, 1.165) is 25.7 Å². The molecule has 0 unspecified atom stereocenters. The van der Waals surface area contributed by atoms with Crippen LogP contribution in [0, 0.1) is 5.41 Å². The molecule has 98 valence electrons. The SMILES string of the molecule is COC(=O)C(C)(C)C(=O)C1(Br)CCCCCC1. The lowest BCUT2D eigenvalue weighted by molar-refractivity contribution is -0.156. The fourth-order valence-corrected chi connectivity index (χ4v) is 3.48. The molecule has 3 nitrogen and oxygen atoms in total. The molecule has 1 fully saturated rings. The van der Waals surface area contributed by atoms with E-state index in [1.165, 1.54) is 20.0 Å². The number of ether oxygens (including phenoxy) is 1. The second-order valence-corrected chi connectivity index (χ2v) is 6.84. The van der Waals surface area contributed by atoms with Gasteiger partial charge in [-0.2, -0.15) is 0 Å². The molecule has 0 aliphatic heterocycles. The zero-order chi connectivity index (χ0) is 13.1. The number of hydrogen-bond acceptors (Lipinski definition) is 3. The van der Waals surface area contributed by atoms with Gasteiger partial charge in [-0.15, -0.1) is 0 Å². The van der Waals surface area contributed by atoms with Crippen LogP contribution in [0.3, 0.4) is 0 Å². The van der Waals surface area contributed by atoms with E-state index in [1.54, 1.807) is 13.8 Å². The number of alkyl halides is 1. The number of methoxy groups -OCH3 is 1. The predicted molar refractivity (Wildman–Crippen MR) is 70.2 cm³/mol. The summed E-state index contributed by atoms with van der Waals surface area (Å²) in [6.45, 7) is 3.30. The topological polar surface area (TPSA) is 43.4 Å². The summed E-state index contributed by atoms with van der Waals surface area (Å²) in [5, 5.41) is 0. The van der Waals surface area contributed by atoms with Crippen molar-refractivity contribution in [3.8, 4) is 0 Å². The molecule has 0 aromatic rings. The normalized spacial score (nSPS) is 20.5. The minimum atomic E-state index is -1.07. The Morgan fingerprint density at radius 2 is 1.59 bits per heavy atom. The minimum Gasteiger partial charge on any atom is -0.468 e. The zero-order valence-electron chi connectivity index (χ0n) is 10.8. The Balaban J connectivity index is 2.89.